The zero-order valence-electron chi connectivity index (χ0n) is 11.0. The summed E-state index contributed by atoms with van der Waals surface area (Å²) in [4.78, 5) is 0. The Kier molecular flexibility index (Phi) is 7.04. The predicted molar refractivity (Wildman–Crippen MR) is 76.6 cm³/mol. The summed E-state index contributed by atoms with van der Waals surface area (Å²) in [5.41, 5.74) is 0. The molecular weight excluding hydrogens is 270 g/mol. The molecule has 1 saturated heterocycles. The lowest BCUT2D eigenvalue weighted by molar-refractivity contribution is 0.342. The van der Waals surface area contributed by atoms with Crippen LogP contribution in [-0.4, -0.2) is 29.0 Å². The zero-order chi connectivity index (χ0) is 12.1. The van der Waals surface area contributed by atoms with Gasteiger partial charge in [0.05, 0.1) is 0 Å². The van der Waals surface area contributed by atoms with Gasteiger partial charge in [-0.15, -0.1) is 22.6 Å². The minimum Gasteiger partial charge on any atom is -0.416 e. The fourth-order valence-electron chi connectivity index (χ4n) is 1.89. The molecule has 1 aliphatic rings. The summed E-state index contributed by atoms with van der Waals surface area (Å²) in [5, 5.41) is 12.4. The number of nitrogens with one attached hydrogen (secondary N) is 1. The number of nitrogens with zero attached hydrogens (tertiary/aromatic N) is 2. The number of hydrogen-bond donors (Lipinski definition) is 1. The van der Waals surface area contributed by atoms with Gasteiger partial charge in [-0.25, -0.2) is 0 Å². The van der Waals surface area contributed by atoms with Gasteiger partial charge in [-0.05, 0) is 38.3 Å². The van der Waals surface area contributed by atoms with Crippen molar-refractivity contribution >= 4 is 24.2 Å². The lowest BCUT2D eigenvalue weighted by Gasteiger charge is -2.18. The smallest absolute Gasteiger partial charge is 0.276 e. The van der Waals surface area contributed by atoms with Crippen LogP contribution in [0.2, 0.25) is 0 Å². The molecule has 0 unspecified atom stereocenters. The first-order valence-electron chi connectivity index (χ1n) is 6.42. The van der Waals surface area contributed by atoms with Crippen LogP contribution in [0, 0.1) is 5.92 Å². The van der Waals surface area contributed by atoms with Crippen LogP contribution < -0.4 is 5.32 Å². The molecule has 1 aromatic rings. The van der Waals surface area contributed by atoms with E-state index in [2.05, 4.69) is 29.4 Å². The summed E-state index contributed by atoms with van der Waals surface area (Å²) in [7, 11) is 0. The molecule has 18 heavy (non-hydrogen) atoms. The van der Waals surface area contributed by atoms with Gasteiger partial charge < -0.3 is 9.73 Å². The van der Waals surface area contributed by atoms with E-state index in [0.29, 0.717) is 5.92 Å². The highest BCUT2D eigenvalue weighted by atomic mass is 35.5. The minimum atomic E-state index is 0. The van der Waals surface area contributed by atoms with Crippen LogP contribution in [0.15, 0.2) is 9.64 Å². The van der Waals surface area contributed by atoms with Crippen molar-refractivity contribution in [3.63, 3.8) is 0 Å². The highest BCUT2D eigenvalue weighted by molar-refractivity contribution is 7.99. The Morgan fingerprint density at radius 1 is 1.33 bits per heavy atom. The summed E-state index contributed by atoms with van der Waals surface area (Å²) in [6, 6.07) is 0. The molecule has 1 aromatic heterocycles. The first-order valence-corrected chi connectivity index (χ1v) is 7.41. The molecular formula is C12H22ClN3OS. The molecule has 1 N–H and O–H groups in total. The van der Waals surface area contributed by atoms with E-state index in [4.69, 9.17) is 4.42 Å². The second-order valence-electron chi connectivity index (χ2n) is 4.96. The van der Waals surface area contributed by atoms with Gasteiger partial charge in [-0.3, -0.25) is 0 Å². The normalized spacial score (nSPS) is 16.8. The summed E-state index contributed by atoms with van der Waals surface area (Å²) in [6.07, 6.45) is 3.41. The van der Waals surface area contributed by atoms with Crippen molar-refractivity contribution in [3.05, 3.63) is 5.89 Å². The maximum absolute atomic E-state index is 5.72. The van der Waals surface area contributed by atoms with Gasteiger partial charge in [-0.1, -0.05) is 25.6 Å². The van der Waals surface area contributed by atoms with Crippen molar-refractivity contribution in [2.45, 2.75) is 44.3 Å². The molecule has 2 rings (SSSR count). The van der Waals surface area contributed by atoms with E-state index in [-0.39, 0.29) is 12.4 Å². The Bertz CT molecular complexity index is 340. The molecule has 0 spiro atoms. The van der Waals surface area contributed by atoms with E-state index in [1.54, 1.807) is 11.8 Å². The van der Waals surface area contributed by atoms with Gasteiger partial charge in [0.1, 0.15) is 0 Å². The Labute approximate surface area is 119 Å². The van der Waals surface area contributed by atoms with Gasteiger partial charge in [-0.2, -0.15) is 0 Å². The molecule has 0 aliphatic carbocycles. The molecule has 104 valence electrons. The number of halogens is 1. The van der Waals surface area contributed by atoms with Gasteiger partial charge in [0, 0.05) is 11.7 Å². The maximum atomic E-state index is 5.72. The molecule has 0 amide bonds. The monoisotopic (exact) mass is 291 g/mol. The van der Waals surface area contributed by atoms with E-state index < -0.39 is 0 Å². The molecule has 0 saturated carbocycles. The van der Waals surface area contributed by atoms with Gasteiger partial charge >= 0.3 is 0 Å². The standard InChI is InChI=1S/C12H21N3OS.ClH/c1-9(2)5-8-17-12-15-14-11(16-12)10-3-6-13-7-4-10;/h9-10,13H,3-8H2,1-2H3;1H. The van der Waals surface area contributed by atoms with Gasteiger partial charge in [0.2, 0.25) is 5.89 Å². The fraction of sp³-hybridized carbons (Fsp3) is 0.833. The minimum absolute atomic E-state index is 0. The average molecular weight is 292 g/mol. The molecule has 4 nitrogen and oxygen atoms in total. The summed E-state index contributed by atoms with van der Waals surface area (Å²) in [6.45, 7) is 6.58. The Morgan fingerprint density at radius 2 is 2.06 bits per heavy atom. The number of piperidine rings is 1. The topological polar surface area (TPSA) is 51.0 Å². The van der Waals surface area contributed by atoms with E-state index in [1.807, 2.05) is 0 Å². The van der Waals surface area contributed by atoms with E-state index in [9.17, 15) is 0 Å². The van der Waals surface area contributed by atoms with Crippen LogP contribution >= 0.6 is 24.2 Å². The highest BCUT2D eigenvalue weighted by Gasteiger charge is 2.21. The van der Waals surface area contributed by atoms with Crippen molar-refractivity contribution in [3.8, 4) is 0 Å². The fourth-order valence-corrected chi connectivity index (χ4v) is 2.90. The van der Waals surface area contributed by atoms with Crippen LogP contribution in [0.25, 0.3) is 0 Å². The van der Waals surface area contributed by atoms with Crippen LogP contribution in [0.5, 0.6) is 0 Å². The van der Waals surface area contributed by atoms with Crippen molar-refractivity contribution < 1.29 is 4.42 Å². The lowest BCUT2D eigenvalue weighted by Crippen LogP contribution is -2.26. The third-order valence-electron chi connectivity index (χ3n) is 3.03. The Balaban J connectivity index is 0.00000162. The van der Waals surface area contributed by atoms with E-state index >= 15 is 0 Å². The number of thioether (sulfide) groups is 1. The molecule has 1 aliphatic heterocycles. The summed E-state index contributed by atoms with van der Waals surface area (Å²) in [5.74, 6) is 3.09. The number of hydrogen-bond acceptors (Lipinski definition) is 5. The van der Waals surface area contributed by atoms with Crippen LogP contribution in [0.3, 0.4) is 0 Å². The highest BCUT2D eigenvalue weighted by Crippen LogP contribution is 2.27. The Hall–Kier alpha value is -0.260. The quantitative estimate of drug-likeness (QED) is 0.845. The predicted octanol–water partition coefficient (Wildman–Crippen LogP) is 3.10. The number of aromatic nitrogens is 2. The molecule has 2 heterocycles. The number of rotatable bonds is 5. The second kappa shape index (κ2) is 8.02. The summed E-state index contributed by atoms with van der Waals surface area (Å²) < 4.78 is 5.72. The van der Waals surface area contributed by atoms with Crippen molar-refractivity contribution in [2.75, 3.05) is 18.8 Å². The van der Waals surface area contributed by atoms with Gasteiger partial charge in [0.15, 0.2) is 0 Å². The van der Waals surface area contributed by atoms with Crippen LogP contribution in [-0.2, 0) is 0 Å². The van der Waals surface area contributed by atoms with E-state index in [1.165, 1.54) is 6.42 Å². The first-order chi connectivity index (χ1) is 8.25. The molecule has 6 heteroatoms. The molecule has 0 atom stereocenters. The van der Waals surface area contributed by atoms with Crippen molar-refractivity contribution in [1.29, 1.82) is 0 Å². The third kappa shape index (κ3) is 4.78. The Morgan fingerprint density at radius 3 is 2.72 bits per heavy atom. The molecule has 0 aromatic carbocycles. The third-order valence-corrected chi connectivity index (χ3v) is 3.88. The molecule has 0 bridgehead atoms. The average Bonchev–Trinajstić information content (AvgIpc) is 2.78. The molecule has 1 fully saturated rings. The molecule has 0 radical (unpaired) electrons. The van der Waals surface area contributed by atoms with Crippen LogP contribution in [0.1, 0.15) is 44.9 Å². The SMILES string of the molecule is CC(C)CCSc1nnc(C2CCNCC2)o1.Cl. The largest absolute Gasteiger partial charge is 0.416 e. The maximum Gasteiger partial charge on any atom is 0.276 e. The van der Waals surface area contributed by atoms with Gasteiger partial charge in [0.25, 0.3) is 5.22 Å². The van der Waals surface area contributed by atoms with Crippen molar-refractivity contribution in [2.24, 2.45) is 5.92 Å². The zero-order valence-corrected chi connectivity index (χ0v) is 12.6. The lowest BCUT2D eigenvalue weighted by atomic mass is 9.98. The second-order valence-corrected chi connectivity index (χ2v) is 6.01. The van der Waals surface area contributed by atoms with Crippen molar-refractivity contribution in [1.82, 2.24) is 15.5 Å². The summed E-state index contributed by atoms with van der Waals surface area (Å²) >= 11 is 1.68. The van der Waals surface area contributed by atoms with Crippen LogP contribution in [0.4, 0.5) is 0 Å². The first kappa shape index (κ1) is 15.8. The van der Waals surface area contributed by atoms with E-state index in [0.717, 1.165) is 48.7 Å².